The first-order valence-electron chi connectivity index (χ1n) is 5.19. The van der Waals surface area contributed by atoms with Crippen LogP contribution in [0.1, 0.15) is 33.6 Å². The average Bonchev–Trinajstić information content (AvgIpc) is 2.75. The highest BCUT2D eigenvalue weighted by molar-refractivity contribution is 5.78. The molecule has 6 heteroatoms. The fourth-order valence-electron chi connectivity index (χ4n) is 1.40. The van der Waals surface area contributed by atoms with Gasteiger partial charge in [-0.15, -0.1) is 0 Å². The van der Waals surface area contributed by atoms with E-state index in [2.05, 4.69) is 10.6 Å². The van der Waals surface area contributed by atoms with Crippen LogP contribution in [0.4, 0.5) is 13.2 Å². The summed E-state index contributed by atoms with van der Waals surface area (Å²) < 4.78 is 37.5. The molecule has 1 aliphatic rings. The number of hydrogen-bond donors (Lipinski definition) is 2. The molecule has 0 bridgehead atoms. The van der Waals surface area contributed by atoms with Gasteiger partial charge >= 0.3 is 6.18 Å². The van der Waals surface area contributed by atoms with Crippen LogP contribution in [-0.4, -0.2) is 29.7 Å². The second kappa shape index (κ2) is 3.91. The van der Waals surface area contributed by atoms with E-state index < -0.39 is 23.2 Å². The van der Waals surface area contributed by atoms with Crippen LogP contribution < -0.4 is 10.6 Å². The lowest BCUT2D eigenvalue weighted by atomic mass is 10.1. The molecular weight excluding hydrogens is 221 g/mol. The Morgan fingerprint density at radius 1 is 1.25 bits per heavy atom. The average molecular weight is 238 g/mol. The van der Waals surface area contributed by atoms with Crippen LogP contribution in [0.3, 0.4) is 0 Å². The van der Waals surface area contributed by atoms with Crippen LogP contribution >= 0.6 is 0 Å². The van der Waals surface area contributed by atoms with Crippen molar-refractivity contribution in [2.75, 3.05) is 6.54 Å². The Bertz CT molecular complexity index is 277. The molecule has 0 aliphatic heterocycles. The Morgan fingerprint density at radius 3 is 2.06 bits per heavy atom. The molecule has 2 N–H and O–H groups in total. The summed E-state index contributed by atoms with van der Waals surface area (Å²) in [5.74, 6) is -0.414. The van der Waals surface area contributed by atoms with Gasteiger partial charge in [0, 0.05) is 5.54 Å². The van der Waals surface area contributed by atoms with Gasteiger partial charge in [-0.3, -0.25) is 10.1 Å². The summed E-state index contributed by atoms with van der Waals surface area (Å²) in [6.07, 6.45) is -4.16. The highest BCUT2D eigenvalue weighted by Crippen LogP contribution is 2.48. The highest BCUT2D eigenvalue weighted by Gasteiger charge is 2.63. The molecule has 0 radical (unpaired) electrons. The lowest BCUT2D eigenvalue weighted by Crippen LogP contribution is -2.51. The zero-order valence-electron chi connectivity index (χ0n) is 9.66. The molecule has 1 aliphatic carbocycles. The van der Waals surface area contributed by atoms with Crippen molar-refractivity contribution in [3.8, 4) is 0 Å². The van der Waals surface area contributed by atoms with Gasteiger partial charge < -0.3 is 5.32 Å². The lowest BCUT2D eigenvalue weighted by Gasteiger charge is -2.23. The maximum Gasteiger partial charge on any atom is 0.406 e. The van der Waals surface area contributed by atoms with Gasteiger partial charge in [-0.2, -0.15) is 13.2 Å². The fraction of sp³-hybridized carbons (Fsp3) is 0.900. The van der Waals surface area contributed by atoms with Crippen LogP contribution in [-0.2, 0) is 4.79 Å². The van der Waals surface area contributed by atoms with Gasteiger partial charge in [0.25, 0.3) is 0 Å². The Hall–Kier alpha value is -0.780. The summed E-state index contributed by atoms with van der Waals surface area (Å²) >= 11 is 0. The molecule has 0 heterocycles. The van der Waals surface area contributed by atoms with Gasteiger partial charge in [-0.25, -0.2) is 0 Å². The molecule has 0 unspecified atom stereocenters. The number of hydrogen-bond acceptors (Lipinski definition) is 2. The number of alkyl halides is 3. The molecule has 0 spiro atoms. The quantitative estimate of drug-likeness (QED) is 0.784. The third-order valence-corrected chi connectivity index (χ3v) is 2.39. The highest BCUT2D eigenvalue weighted by atomic mass is 19.4. The molecule has 0 aromatic heterocycles. The Morgan fingerprint density at radius 2 is 1.75 bits per heavy atom. The fourth-order valence-corrected chi connectivity index (χ4v) is 1.40. The predicted molar refractivity (Wildman–Crippen MR) is 53.9 cm³/mol. The van der Waals surface area contributed by atoms with Crippen molar-refractivity contribution < 1.29 is 18.0 Å². The van der Waals surface area contributed by atoms with E-state index in [-0.39, 0.29) is 19.4 Å². The van der Waals surface area contributed by atoms with E-state index >= 15 is 0 Å². The minimum absolute atomic E-state index is 0.0549. The molecule has 1 saturated carbocycles. The molecule has 0 saturated heterocycles. The standard InChI is InChI=1S/C10H17F3N2O/c1-8(2,3)15-7(16)6-14-9(4-5-9)10(11,12)13/h14H,4-6H2,1-3H3,(H,15,16). The van der Waals surface area contributed by atoms with E-state index in [4.69, 9.17) is 0 Å². The first kappa shape index (κ1) is 13.3. The zero-order valence-corrected chi connectivity index (χ0v) is 9.66. The van der Waals surface area contributed by atoms with E-state index in [9.17, 15) is 18.0 Å². The van der Waals surface area contributed by atoms with Gasteiger partial charge in [-0.1, -0.05) is 0 Å². The van der Waals surface area contributed by atoms with Crippen molar-refractivity contribution in [1.82, 2.24) is 10.6 Å². The topological polar surface area (TPSA) is 41.1 Å². The van der Waals surface area contributed by atoms with Crippen LogP contribution in [0, 0.1) is 0 Å². The molecule has 1 fully saturated rings. The summed E-state index contributed by atoms with van der Waals surface area (Å²) in [5, 5.41) is 4.90. The molecular formula is C10H17F3N2O. The van der Waals surface area contributed by atoms with Crippen LogP contribution in [0.5, 0.6) is 0 Å². The van der Waals surface area contributed by atoms with Gasteiger partial charge in [0.1, 0.15) is 5.54 Å². The first-order chi connectivity index (χ1) is 7.06. The maximum absolute atomic E-state index is 12.5. The molecule has 3 nitrogen and oxygen atoms in total. The minimum atomic E-state index is -4.27. The largest absolute Gasteiger partial charge is 0.406 e. The number of carbonyl (C=O) groups is 1. The van der Waals surface area contributed by atoms with E-state index in [1.54, 1.807) is 20.8 Å². The van der Waals surface area contributed by atoms with E-state index in [1.165, 1.54) is 0 Å². The number of rotatable bonds is 3. The summed E-state index contributed by atoms with van der Waals surface area (Å²) in [4.78, 5) is 11.3. The normalized spacial score (nSPS) is 19.4. The monoisotopic (exact) mass is 238 g/mol. The van der Waals surface area contributed by atoms with E-state index in [0.29, 0.717) is 0 Å². The van der Waals surface area contributed by atoms with Crippen molar-refractivity contribution in [1.29, 1.82) is 0 Å². The van der Waals surface area contributed by atoms with Crippen LogP contribution in [0.15, 0.2) is 0 Å². The number of carbonyl (C=O) groups excluding carboxylic acids is 1. The SMILES string of the molecule is CC(C)(C)NC(=O)CNC1(C(F)(F)F)CC1. The molecule has 1 amide bonds. The number of nitrogens with one attached hydrogen (secondary N) is 2. The molecule has 94 valence electrons. The Kier molecular flexibility index (Phi) is 3.24. The molecule has 0 atom stereocenters. The minimum Gasteiger partial charge on any atom is -0.350 e. The first-order valence-corrected chi connectivity index (χ1v) is 5.19. The third-order valence-electron chi connectivity index (χ3n) is 2.39. The van der Waals surface area contributed by atoms with Crippen molar-refractivity contribution in [2.24, 2.45) is 0 Å². The van der Waals surface area contributed by atoms with Gasteiger partial charge in [0.05, 0.1) is 6.54 Å². The zero-order chi connectivity index (χ0) is 12.6. The Balaban J connectivity index is 2.39. The summed E-state index contributed by atoms with van der Waals surface area (Å²) in [5.41, 5.74) is -2.24. The Labute approximate surface area is 92.8 Å². The molecule has 1 rings (SSSR count). The second-order valence-corrected chi connectivity index (χ2v) is 5.23. The second-order valence-electron chi connectivity index (χ2n) is 5.23. The number of amides is 1. The summed E-state index contributed by atoms with van der Waals surface area (Å²) in [7, 11) is 0. The van der Waals surface area contributed by atoms with Gasteiger partial charge in [-0.05, 0) is 33.6 Å². The molecule has 0 aromatic rings. The van der Waals surface area contributed by atoms with E-state index in [1.807, 2.05) is 0 Å². The van der Waals surface area contributed by atoms with E-state index in [0.717, 1.165) is 0 Å². The third kappa shape index (κ3) is 3.37. The molecule has 0 aromatic carbocycles. The number of halogens is 3. The van der Waals surface area contributed by atoms with Crippen LogP contribution in [0.25, 0.3) is 0 Å². The van der Waals surface area contributed by atoms with Crippen LogP contribution in [0.2, 0.25) is 0 Å². The predicted octanol–water partition coefficient (Wildman–Crippen LogP) is 1.59. The molecule has 16 heavy (non-hydrogen) atoms. The smallest absolute Gasteiger partial charge is 0.350 e. The van der Waals surface area contributed by atoms with Crippen molar-refractivity contribution in [3.63, 3.8) is 0 Å². The lowest BCUT2D eigenvalue weighted by molar-refractivity contribution is -0.166. The van der Waals surface area contributed by atoms with Gasteiger partial charge in [0.2, 0.25) is 5.91 Å². The van der Waals surface area contributed by atoms with Crippen molar-refractivity contribution in [3.05, 3.63) is 0 Å². The maximum atomic E-state index is 12.5. The summed E-state index contributed by atoms with van der Waals surface area (Å²) in [6.45, 7) is 5.04. The van der Waals surface area contributed by atoms with Gasteiger partial charge in [0.15, 0.2) is 0 Å². The summed E-state index contributed by atoms with van der Waals surface area (Å²) in [6, 6.07) is 0. The van der Waals surface area contributed by atoms with Crippen molar-refractivity contribution in [2.45, 2.75) is 50.9 Å². The van der Waals surface area contributed by atoms with Crippen molar-refractivity contribution >= 4 is 5.91 Å².